The Balaban J connectivity index is 1.70. The Labute approximate surface area is 134 Å². The summed E-state index contributed by atoms with van der Waals surface area (Å²) in [6.45, 7) is 0. The van der Waals surface area contributed by atoms with Crippen LogP contribution in [0, 0.1) is 0 Å². The number of rotatable bonds is 3. The summed E-state index contributed by atoms with van der Waals surface area (Å²) in [7, 11) is 0. The molecule has 1 aromatic carbocycles. The van der Waals surface area contributed by atoms with Crippen molar-refractivity contribution in [3.8, 4) is 0 Å². The van der Waals surface area contributed by atoms with Crippen molar-refractivity contribution in [2.24, 2.45) is 0 Å². The number of carbonyl (C=O) groups is 2. The number of fused-ring (bicyclic) bond motifs is 2. The highest BCUT2D eigenvalue weighted by Crippen LogP contribution is 2.23. The molecule has 118 valence electrons. The first-order valence-corrected chi connectivity index (χ1v) is 7.07. The van der Waals surface area contributed by atoms with Crippen molar-refractivity contribution >= 4 is 34.1 Å². The quantitative estimate of drug-likeness (QED) is 0.535. The van der Waals surface area contributed by atoms with Crippen molar-refractivity contribution in [2.75, 3.05) is 5.32 Å². The maximum atomic E-state index is 12.4. The van der Waals surface area contributed by atoms with Gasteiger partial charge in [0.15, 0.2) is 5.65 Å². The minimum atomic E-state index is -1.06. The summed E-state index contributed by atoms with van der Waals surface area (Å²) in [5.74, 6) is -1.41. The van der Waals surface area contributed by atoms with Crippen molar-refractivity contribution in [3.05, 3.63) is 60.2 Å². The number of benzene rings is 1. The zero-order valence-electron chi connectivity index (χ0n) is 12.2. The summed E-state index contributed by atoms with van der Waals surface area (Å²) in [4.78, 5) is 26.8. The smallest absolute Gasteiger partial charge is 0.336 e. The monoisotopic (exact) mass is 321 g/mol. The van der Waals surface area contributed by atoms with Gasteiger partial charge in [-0.25, -0.2) is 4.79 Å². The Morgan fingerprint density at radius 2 is 2.08 bits per heavy atom. The van der Waals surface area contributed by atoms with Crippen LogP contribution in [0.15, 0.2) is 49.1 Å². The van der Waals surface area contributed by atoms with Crippen LogP contribution in [0.3, 0.4) is 0 Å². The number of aromatic amines is 1. The summed E-state index contributed by atoms with van der Waals surface area (Å²) in [5, 5.41) is 20.3. The number of hydrogen-bond acceptors (Lipinski definition) is 4. The van der Waals surface area contributed by atoms with Gasteiger partial charge in [-0.05, 0) is 30.3 Å². The largest absolute Gasteiger partial charge is 0.478 e. The molecule has 0 saturated heterocycles. The summed E-state index contributed by atoms with van der Waals surface area (Å²) >= 11 is 0. The first-order chi connectivity index (χ1) is 11.6. The molecule has 0 aliphatic heterocycles. The van der Waals surface area contributed by atoms with Crippen LogP contribution in [-0.2, 0) is 0 Å². The highest BCUT2D eigenvalue weighted by molar-refractivity contribution is 6.09. The van der Waals surface area contributed by atoms with Crippen molar-refractivity contribution in [1.82, 2.24) is 19.6 Å². The van der Waals surface area contributed by atoms with Gasteiger partial charge in [0.25, 0.3) is 5.91 Å². The van der Waals surface area contributed by atoms with Crippen LogP contribution in [0.4, 0.5) is 5.69 Å². The highest BCUT2D eigenvalue weighted by atomic mass is 16.4. The minimum Gasteiger partial charge on any atom is -0.478 e. The van der Waals surface area contributed by atoms with Gasteiger partial charge in [0.05, 0.1) is 5.56 Å². The lowest BCUT2D eigenvalue weighted by atomic mass is 10.1. The molecule has 0 atom stereocenters. The number of aromatic carboxylic acids is 1. The van der Waals surface area contributed by atoms with Crippen LogP contribution in [0.1, 0.15) is 20.7 Å². The first-order valence-electron chi connectivity index (χ1n) is 7.07. The number of carboxylic acid groups (broad SMARTS) is 1. The van der Waals surface area contributed by atoms with E-state index >= 15 is 0 Å². The Kier molecular flexibility index (Phi) is 3.02. The van der Waals surface area contributed by atoms with Crippen LogP contribution in [0.25, 0.3) is 16.6 Å². The normalized spacial score (nSPS) is 11.0. The number of nitrogens with zero attached hydrogens (tertiary/aromatic N) is 3. The molecule has 0 bridgehead atoms. The third kappa shape index (κ3) is 2.26. The Hall–Kier alpha value is -3.68. The van der Waals surface area contributed by atoms with Crippen molar-refractivity contribution in [2.45, 2.75) is 0 Å². The van der Waals surface area contributed by atoms with E-state index in [0.717, 1.165) is 0 Å². The molecule has 0 aliphatic carbocycles. The van der Waals surface area contributed by atoms with Crippen molar-refractivity contribution in [1.29, 1.82) is 0 Å². The van der Waals surface area contributed by atoms with Crippen LogP contribution in [0.5, 0.6) is 0 Å². The molecule has 0 spiro atoms. The lowest BCUT2D eigenvalue weighted by Crippen LogP contribution is -2.13. The number of H-pyrrole nitrogens is 1. The fourth-order valence-corrected chi connectivity index (χ4v) is 2.58. The fraction of sp³-hybridized carbons (Fsp3) is 0. The molecule has 4 rings (SSSR count). The Morgan fingerprint density at radius 1 is 1.21 bits per heavy atom. The van der Waals surface area contributed by atoms with E-state index in [0.29, 0.717) is 27.8 Å². The molecule has 0 fully saturated rings. The van der Waals surface area contributed by atoms with Crippen LogP contribution < -0.4 is 5.32 Å². The van der Waals surface area contributed by atoms with E-state index in [1.807, 2.05) is 0 Å². The maximum Gasteiger partial charge on any atom is 0.336 e. The summed E-state index contributed by atoms with van der Waals surface area (Å²) in [6, 6.07) is 8.05. The number of anilines is 1. The number of aromatic nitrogens is 4. The fourth-order valence-electron chi connectivity index (χ4n) is 2.58. The van der Waals surface area contributed by atoms with E-state index in [9.17, 15) is 14.7 Å². The van der Waals surface area contributed by atoms with E-state index in [1.54, 1.807) is 41.1 Å². The number of carbonyl (C=O) groups excluding carboxylic acids is 1. The lowest BCUT2D eigenvalue weighted by Gasteiger charge is -2.08. The van der Waals surface area contributed by atoms with Crippen LogP contribution in [0.2, 0.25) is 0 Å². The lowest BCUT2D eigenvalue weighted by molar-refractivity contribution is 0.0698. The predicted molar refractivity (Wildman–Crippen MR) is 86.2 cm³/mol. The second-order valence-electron chi connectivity index (χ2n) is 5.23. The average Bonchev–Trinajstić information content (AvgIpc) is 3.21. The van der Waals surface area contributed by atoms with Gasteiger partial charge in [-0.1, -0.05) is 0 Å². The van der Waals surface area contributed by atoms with Gasteiger partial charge in [0.2, 0.25) is 0 Å². The molecular formula is C16H11N5O3. The van der Waals surface area contributed by atoms with E-state index in [4.69, 9.17) is 0 Å². The van der Waals surface area contributed by atoms with Gasteiger partial charge < -0.3 is 15.4 Å². The summed E-state index contributed by atoms with van der Waals surface area (Å²) in [5.41, 5.74) is 2.11. The molecule has 0 unspecified atom stereocenters. The van der Waals surface area contributed by atoms with Crippen LogP contribution in [-0.4, -0.2) is 36.6 Å². The molecule has 4 aromatic rings. The Morgan fingerprint density at radius 3 is 2.92 bits per heavy atom. The molecule has 3 aromatic heterocycles. The molecule has 0 aliphatic rings. The van der Waals surface area contributed by atoms with Gasteiger partial charge in [-0.2, -0.15) is 0 Å². The van der Waals surface area contributed by atoms with Crippen molar-refractivity contribution in [3.63, 3.8) is 0 Å². The molecule has 8 nitrogen and oxygen atoms in total. The van der Waals surface area contributed by atoms with Gasteiger partial charge >= 0.3 is 5.97 Å². The molecule has 0 saturated carbocycles. The molecule has 0 radical (unpaired) electrons. The number of pyridine rings is 1. The average molecular weight is 321 g/mol. The molecular weight excluding hydrogens is 310 g/mol. The van der Waals surface area contributed by atoms with Crippen LogP contribution >= 0.6 is 0 Å². The second kappa shape index (κ2) is 5.20. The number of hydrogen-bond donors (Lipinski definition) is 3. The first kappa shape index (κ1) is 13.9. The molecule has 24 heavy (non-hydrogen) atoms. The number of amides is 1. The second-order valence-corrected chi connectivity index (χ2v) is 5.23. The van der Waals surface area contributed by atoms with Gasteiger partial charge in [0.1, 0.15) is 6.33 Å². The SMILES string of the molecule is O=C(Nc1cc(C(=O)O)c2cc[nH]c2c1)c1ccn2cnnc2c1. The van der Waals surface area contributed by atoms with E-state index in [1.165, 1.54) is 12.4 Å². The van der Waals surface area contributed by atoms with E-state index in [2.05, 4.69) is 20.5 Å². The predicted octanol–water partition coefficient (Wildman–Crippen LogP) is 2.16. The highest BCUT2D eigenvalue weighted by Gasteiger charge is 2.14. The van der Waals surface area contributed by atoms with E-state index < -0.39 is 5.97 Å². The number of nitrogens with one attached hydrogen (secondary N) is 2. The third-order valence-electron chi connectivity index (χ3n) is 3.72. The third-order valence-corrected chi connectivity index (χ3v) is 3.72. The van der Waals surface area contributed by atoms with Gasteiger partial charge in [-0.15, -0.1) is 10.2 Å². The minimum absolute atomic E-state index is 0.122. The molecule has 1 amide bonds. The van der Waals surface area contributed by atoms with Gasteiger partial charge in [0, 0.05) is 34.5 Å². The van der Waals surface area contributed by atoms with Crippen molar-refractivity contribution < 1.29 is 14.7 Å². The topological polar surface area (TPSA) is 112 Å². The molecule has 8 heteroatoms. The molecule has 3 N–H and O–H groups in total. The zero-order chi connectivity index (χ0) is 16.7. The number of carboxylic acids is 1. The zero-order valence-corrected chi connectivity index (χ0v) is 12.2. The maximum absolute atomic E-state index is 12.4. The van der Waals surface area contributed by atoms with Gasteiger partial charge in [-0.3, -0.25) is 9.20 Å². The van der Waals surface area contributed by atoms with E-state index in [-0.39, 0.29) is 11.5 Å². The summed E-state index contributed by atoms with van der Waals surface area (Å²) in [6.07, 6.45) is 4.87. The molecule has 3 heterocycles. The summed E-state index contributed by atoms with van der Waals surface area (Å²) < 4.78 is 1.68. The Bertz CT molecular complexity index is 1100. The standard InChI is InChI=1S/C16H11N5O3/c22-15(9-2-4-21-8-18-20-14(21)5-9)19-10-6-12(16(23)24)11-1-3-17-13(11)7-10/h1-8,17H,(H,19,22)(H,23,24).